The molecule has 16 heavy (non-hydrogen) atoms. The Balaban J connectivity index is 1.81. The molecule has 2 aliphatic rings. The minimum Gasteiger partial charge on any atom is -0.312 e. The van der Waals surface area contributed by atoms with Crippen LogP contribution in [0.1, 0.15) is 45.4 Å². The first-order valence-corrected chi connectivity index (χ1v) is 8.31. The van der Waals surface area contributed by atoms with E-state index in [1.807, 2.05) is 0 Å². The third-order valence-electron chi connectivity index (χ3n) is 4.39. The van der Waals surface area contributed by atoms with Crippen molar-refractivity contribution in [3.63, 3.8) is 0 Å². The monoisotopic (exact) mass is 245 g/mol. The lowest BCUT2D eigenvalue weighted by molar-refractivity contribution is 0.119. The van der Waals surface area contributed by atoms with Gasteiger partial charge >= 0.3 is 0 Å². The molecule has 2 fully saturated rings. The van der Waals surface area contributed by atoms with Crippen molar-refractivity contribution in [1.29, 1.82) is 0 Å². The Hall–Kier alpha value is -0.0900. The summed E-state index contributed by atoms with van der Waals surface area (Å²) < 4.78 is 23.0. The third-order valence-corrected chi connectivity index (χ3v) is 6.21. The van der Waals surface area contributed by atoms with E-state index in [1.165, 1.54) is 25.7 Å². The molecular weight excluding hydrogens is 222 g/mol. The van der Waals surface area contributed by atoms with Crippen molar-refractivity contribution in [2.75, 3.05) is 18.1 Å². The number of nitrogens with one attached hydrogen (secondary N) is 1. The van der Waals surface area contributed by atoms with Gasteiger partial charge in [0.05, 0.1) is 11.5 Å². The summed E-state index contributed by atoms with van der Waals surface area (Å²) in [5, 5.41) is 3.49. The van der Waals surface area contributed by atoms with Crippen LogP contribution in [-0.2, 0) is 9.84 Å². The average Bonchev–Trinajstić information content (AvgIpc) is 2.15. The lowest BCUT2D eigenvalue weighted by Gasteiger charge is -2.42. The molecule has 1 unspecified atom stereocenters. The Bertz CT molecular complexity index is 327. The van der Waals surface area contributed by atoms with E-state index in [1.54, 1.807) is 0 Å². The molecule has 1 saturated heterocycles. The fraction of sp³-hybridized carbons (Fsp3) is 1.00. The number of sulfone groups is 1. The number of hydrogen-bond donors (Lipinski definition) is 1. The molecule has 1 aliphatic heterocycles. The van der Waals surface area contributed by atoms with Gasteiger partial charge in [0.15, 0.2) is 9.84 Å². The molecule has 0 aromatic carbocycles. The molecule has 0 spiro atoms. The van der Waals surface area contributed by atoms with Crippen molar-refractivity contribution in [3.8, 4) is 0 Å². The molecule has 3 nitrogen and oxygen atoms in total. The lowest BCUT2D eigenvalue weighted by Crippen LogP contribution is -2.47. The first-order chi connectivity index (χ1) is 7.55. The van der Waals surface area contributed by atoms with Gasteiger partial charge in [-0.15, -0.1) is 0 Å². The molecule has 1 saturated carbocycles. The molecule has 2 rings (SSSR count). The Morgan fingerprint density at radius 1 is 1.31 bits per heavy atom. The summed E-state index contributed by atoms with van der Waals surface area (Å²) in [6.45, 7) is 3.27. The van der Waals surface area contributed by atoms with Crippen LogP contribution in [0.25, 0.3) is 0 Å². The molecule has 0 radical (unpaired) electrons. The molecule has 0 aromatic heterocycles. The quantitative estimate of drug-likeness (QED) is 0.820. The summed E-state index contributed by atoms with van der Waals surface area (Å²) in [5.41, 5.74) is 0.487. The maximum atomic E-state index is 11.5. The van der Waals surface area contributed by atoms with Crippen molar-refractivity contribution in [2.24, 2.45) is 5.41 Å². The number of rotatable bonds is 4. The van der Waals surface area contributed by atoms with Gasteiger partial charge in [-0.05, 0) is 37.5 Å². The van der Waals surface area contributed by atoms with Crippen LogP contribution < -0.4 is 5.32 Å². The summed E-state index contributed by atoms with van der Waals surface area (Å²) in [4.78, 5) is 0. The highest BCUT2D eigenvalue weighted by molar-refractivity contribution is 7.91. The lowest BCUT2D eigenvalue weighted by atomic mass is 9.67. The molecule has 0 bridgehead atoms. The van der Waals surface area contributed by atoms with E-state index in [2.05, 4.69) is 12.2 Å². The van der Waals surface area contributed by atoms with Gasteiger partial charge in [-0.25, -0.2) is 8.42 Å². The minimum atomic E-state index is -2.76. The Morgan fingerprint density at radius 2 is 2.06 bits per heavy atom. The normalized spacial score (nSPS) is 31.9. The molecule has 4 heteroatoms. The first-order valence-electron chi connectivity index (χ1n) is 6.49. The van der Waals surface area contributed by atoms with Crippen LogP contribution in [0.2, 0.25) is 0 Å². The topological polar surface area (TPSA) is 46.2 Å². The predicted molar refractivity (Wildman–Crippen MR) is 66.3 cm³/mol. The maximum absolute atomic E-state index is 11.5. The Kier molecular flexibility index (Phi) is 3.59. The smallest absolute Gasteiger partial charge is 0.151 e. The van der Waals surface area contributed by atoms with Gasteiger partial charge in [0, 0.05) is 12.6 Å². The number of hydrogen-bond acceptors (Lipinski definition) is 3. The highest BCUT2D eigenvalue weighted by Crippen LogP contribution is 2.43. The molecule has 94 valence electrons. The van der Waals surface area contributed by atoms with Crippen LogP contribution >= 0.6 is 0 Å². The summed E-state index contributed by atoms with van der Waals surface area (Å²) >= 11 is 0. The molecular formula is C12H23NO2S. The van der Waals surface area contributed by atoms with Crippen molar-refractivity contribution >= 4 is 9.84 Å². The standard InChI is InChI=1S/C12H23NO2S/c1-2-12(6-4-7-12)10-13-11-5-3-8-16(14,15)9-11/h11,13H,2-10H2,1H3. The largest absolute Gasteiger partial charge is 0.312 e. The first kappa shape index (κ1) is 12.4. The van der Waals surface area contributed by atoms with Crippen LogP contribution in [0.4, 0.5) is 0 Å². The second kappa shape index (κ2) is 4.65. The zero-order chi connectivity index (χ0) is 11.6. The molecule has 1 N–H and O–H groups in total. The Morgan fingerprint density at radius 3 is 2.56 bits per heavy atom. The van der Waals surface area contributed by atoms with Gasteiger partial charge in [0.2, 0.25) is 0 Å². The second-order valence-corrected chi connectivity index (χ2v) is 7.77. The van der Waals surface area contributed by atoms with Crippen LogP contribution in [-0.4, -0.2) is 32.5 Å². The molecule has 1 aliphatic carbocycles. The van der Waals surface area contributed by atoms with E-state index < -0.39 is 9.84 Å². The van der Waals surface area contributed by atoms with Gasteiger partial charge in [0.25, 0.3) is 0 Å². The van der Waals surface area contributed by atoms with Gasteiger partial charge in [0.1, 0.15) is 0 Å². The predicted octanol–water partition coefficient (Wildman–Crippen LogP) is 1.73. The van der Waals surface area contributed by atoms with Crippen molar-refractivity contribution in [2.45, 2.75) is 51.5 Å². The summed E-state index contributed by atoms with van der Waals surface area (Å²) in [5.74, 6) is 0.747. The van der Waals surface area contributed by atoms with E-state index in [4.69, 9.17) is 0 Å². The summed E-state index contributed by atoms with van der Waals surface area (Å²) in [6.07, 6.45) is 7.06. The van der Waals surface area contributed by atoms with Crippen LogP contribution in [0.5, 0.6) is 0 Å². The van der Waals surface area contributed by atoms with E-state index in [-0.39, 0.29) is 6.04 Å². The van der Waals surface area contributed by atoms with Crippen molar-refractivity contribution in [1.82, 2.24) is 5.32 Å². The fourth-order valence-electron chi connectivity index (χ4n) is 2.88. The van der Waals surface area contributed by atoms with Crippen LogP contribution in [0.3, 0.4) is 0 Å². The van der Waals surface area contributed by atoms with E-state index in [9.17, 15) is 8.42 Å². The Labute approximate surface area is 98.9 Å². The van der Waals surface area contributed by atoms with Crippen LogP contribution in [0, 0.1) is 5.41 Å². The fourth-order valence-corrected chi connectivity index (χ4v) is 4.55. The third kappa shape index (κ3) is 2.77. The van der Waals surface area contributed by atoms with Gasteiger partial charge in [-0.2, -0.15) is 0 Å². The van der Waals surface area contributed by atoms with Gasteiger partial charge in [-0.3, -0.25) is 0 Å². The van der Waals surface area contributed by atoms with Crippen molar-refractivity contribution < 1.29 is 8.42 Å². The SMILES string of the molecule is CCC1(CNC2CCCS(=O)(=O)C2)CCC1. The highest BCUT2D eigenvalue weighted by atomic mass is 32.2. The molecule has 1 atom stereocenters. The maximum Gasteiger partial charge on any atom is 0.151 e. The molecule has 0 aromatic rings. The van der Waals surface area contributed by atoms with E-state index in [0.717, 1.165) is 19.4 Å². The minimum absolute atomic E-state index is 0.211. The zero-order valence-electron chi connectivity index (χ0n) is 10.2. The van der Waals surface area contributed by atoms with Gasteiger partial charge in [-0.1, -0.05) is 13.3 Å². The second-order valence-electron chi connectivity index (χ2n) is 5.54. The molecule has 1 heterocycles. The zero-order valence-corrected chi connectivity index (χ0v) is 11.0. The van der Waals surface area contributed by atoms with E-state index >= 15 is 0 Å². The average molecular weight is 245 g/mol. The van der Waals surface area contributed by atoms with E-state index in [0.29, 0.717) is 16.9 Å². The van der Waals surface area contributed by atoms with Crippen LogP contribution in [0.15, 0.2) is 0 Å². The van der Waals surface area contributed by atoms with Gasteiger partial charge < -0.3 is 5.32 Å². The highest BCUT2D eigenvalue weighted by Gasteiger charge is 2.36. The molecule has 0 amide bonds. The summed E-state index contributed by atoms with van der Waals surface area (Å²) in [6, 6.07) is 0.211. The summed E-state index contributed by atoms with van der Waals surface area (Å²) in [7, 11) is -2.76. The van der Waals surface area contributed by atoms with Crippen molar-refractivity contribution in [3.05, 3.63) is 0 Å².